The third-order valence-electron chi connectivity index (χ3n) is 6.07. The summed E-state index contributed by atoms with van der Waals surface area (Å²) in [7, 11) is 1.60. The van der Waals surface area contributed by atoms with Gasteiger partial charge in [0.2, 0.25) is 5.91 Å². The molecule has 0 saturated carbocycles. The molecule has 0 aliphatic carbocycles. The Morgan fingerprint density at radius 1 is 1.14 bits per heavy atom. The van der Waals surface area contributed by atoms with Crippen LogP contribution in [0.4, 0.5) is 5.13 Å². The zero-order valence-electron chi connectivity index (χ0n) is 19.0. The summed E-state index contributed by atoms with van der Waals surface area (Å²) < 4.78 is 6.29. The summed E-state index contributed by atoms with van der Waals surface area (Å²) in [5.74, 6) is 0.714. The number of halogens is 1. The van der Waals surface area contributed by atoms with Crippen molar-refractivity contribution in [2.45, 2.75) is 25.2 Å². The minimum atomic E-state index is -0.280. The first kappa shape index (κ1) is 23.7. The van der Waals surface area contributed by atoms with Gasteiger partial charge in [-0.3, -0.25) is 14.9 Å². The van der Waals surface area contributed by atoms with Gasteiger partial charge < -0.3 is 9.64 Å². The molecular weight excluding hydrogens is 504 g/mol. The number of aromatic nitrogens is 2. The molecule has 5 rings (SSSR count). The van der Waals surface area contributed by atoms with Crippen LogP contribution in [-0.4, -0.2) is 46.9 Å². The number of nitrogens with zero attached hydrogens (tertiary/aromatic N) is 3. The second-order valence-corrected chi connectivity index (χ2v) is 10.6. The number of thiazole rings is 2. The predicted molar refractivity (Wildman–Crippen MR) is 140 cm³/mol. The van der Waals surface area contributed by atoms with Crippen LogP contribution in [0, 0.1) is 0 Å². The predicted octanol–water partition coefficient (Wildman–Crippen LogP) is 5.62. The molecule has 2 aromatic heterocycles. The number of hydrogen-bond acceptors (Lipinski definition) is 7. The van der Waals surface area contributed by atoms with Crippen molar-refractivity contribution in [1.29, 1.82) is 0 Å². The number of fused-ring (bicyclic) bond motifs is 1. The molecule has 10 heteroatoms. The largest absolute Gasteiger partial charge is 0.494 e. The average molecular weight is 527 g/mol. The maximum atomic E-state index is 12.8. The summed E-state index contributed by atoms with van der Waals surface area (Å²) in [6.07, 6.45) is 1.95. The van der Waals surface area contributed by atoms with Crippen molar-refractivity contribution in [2.24, 2.45) is 0 Å². The molecule has 4 aromatic rings. The van der Waals surface area contributed by atoms with Gasteiger partial charge in [-0.2, -0.15) is 0 Å². The van der Waals surface area contributed by atoms with E-state index in [4.69, 9.17) is 16.3 Å². The lowest BCUT2D eigenvalue weighted by molar-refractivity contribution is -0.131. The number of rotatable bonds is 6. The van der Waals surface area contributed by atoms with Crippen LogP contribution < -0.4 is 10.1 Å². The molecule has 0 unspecified atom stereocenters. The Labute approximate surface area is 215 Å². The number of methoxy groups -OCH3 is 1. The molecule has 7 nitrogen and oxygen atoms in total. The summed E-state index contributed by atoms with van der Waals surface area (Å²) in [6.45, 7) is 1.34. The van der Waals surface area contributed by atoms with Gasteiger partial charge in [0.1, 0.15) is 17.0 Å². The van der Waals surface area contributed by atoms with Gasteiger partial charge in [0, 0.05) is 29.4 Å². The van der Waals surface area contributed by atoms with Gasteiger partial charge in [0.25, 0.3) is 5.91 Å². The maximum absolute atomic E-state index is 12.8. The van der Waals surface area contributed by atoms with Crippen LogP contribution in [0.25, 0.3) is 10.2 Å². The Bertz CT molecular complexity index is 1380. The summed E-state index contributed by atoms with van der Waals surface area (Å²) in [5, 5.41) is 6.70. The molecule has 1 aliphatic rings. The molecule has 0 spiro atoms. The average Bonchev–Trinajstić information content (AvgIpc) is 3.52. The highest BCUT2D eigenvalue weighted by Gasteiger charge is 2.27. The summed E-state index contributed by atoms with van der Waals surface area (Å²) in [4.78, 5) is 36.5. The highest BCUT2D eigenvalue weighted by Crippen LogP contribution is 2.33. The first-order valence-electron chi connectivity index (χ1n) is 11.2. The minimum Gasteiger partial charge on any atom is -0.494 e. The van der Waals surface area contributed by atoms with Gasteiger partial charge in [-0.1, -0.05) is 47.2 Å². The van der Waals surface area contributed by atoms with Gasteiger partial charge in [0.15, 0.2) is 5.13 Å². The zero-order chi connectivity index (χ0) is 24.4. The number of para-hydroxylation sites is 1. The van der Waals surface area contributed by atoms with Gasteiger partial charge in [0.05, 0.1) is 23.2 Å². The van der Waals surface area contributed by atoms with Crippen molar-refractivity contribution in [2.75, 3.05) is 25.5 Å². The molecule has 0 bridgehead atoms. The van der Waals surface area contributed by atoms with E-state index in [1.165, 1.54) is 22.7 Å². The Balaban J connectivity index is 1.18. The van der Waals surface area contributed by atoms with Gasteiger partial charge in [-0.15, -0.1) is 11.3 Å². The van der Waals surface area contributed by atoms with Crippen LogP contribution in [0.15, 0.2) is 47.8 Å². The van der Waals surface area contributed by atoms with Crippen LogP contribution in [0.1, 0.15) is 39.8 Å². The number of benzene rings is 2. The van der Waals surface area contributed by atoms with E-state index in [-0.39, 0.29) is 17.7 Å². The number of carbonyl (C=O) groups is 2. The van der Waals surface area contributed by atoms with Gasteiger partial charge >= 0.3 is 0 Å². The first-order valence-corrected chi connectivity index (χ1v) is 13.3. The lowest BCUT2D eigenvalue weighted by Crippen LogP contribution is -2.38. The Kier molecular flexibility index (Phi) is 6.99. The standard InChI is InChI=1S/C25H23ClN4O3S2/c1-33-19-7-4-8-20-22(19)28-25(35-20)29-23(32)18-14-34-24(27-18)15-9-11-30(12-10-15)21(31)13-16-5-2-3-6-17(16)26/h2-8,14-15H,9-13H2,1H3,(H,28,29,32). The summed E-state index contributed by atoms with van der Waals surface area (Å²) in [6, 6.07) is 13.1. The fourth-order valence-corrected chi connectivity index (χ4v) is 6.23. The van der Waals surface area contributed by atoms with E-state index in [2.05, 4.69) is 15.3 Å². The normalized spacial score (nSPS) is 14.3. The number of piperidine rings is 1. The number of hydrogen-bond donors (Lipinski definition) is 1. The van der Waals surface area contributed by atoms with E-state index < -0.39 is 0 Å². The number of amides is 2. The number of ether oxygens (including phenoxy) is 1. The smallest absolute Gasteiger partial charge is 0.276 e. The topological polar surface area (TPSA) is 84.4 Å². The highest BCUT2D eigenvalue weighted by molar-refractivity contribution is 7.22. The van der Waals surface area contributed by atoms with E-state index in [1.54, 1.807) is 18.6 Å². The van der Waals surface area contributed by atoms with Crippen LogP contribution >= 0.6 is 34.3 Å². The van der Waals surface area contributed by atoms with Crippen LogP contribution in [-0.2, 0) is 11.2 Å². The second kappa shape index (κ2) is 10.3. The van der Waals surface area contributed by atoms with E-state index >= 15 is 0 Å². The monoisotopic (exact) mass is 526 g/mol. The summed E-state index contributed by atoms with van der Waals surface area (Å²) in [5.41, 5.74) is 1.96. The van der Waals surface area contributed by atoms with Crippen molar-refractivity contribution < 1.29 is 14.3 Å². The number of likely N-dealkylation sites (tertiary alicyclic amines) is 1. The second-order valence-electron chi connectivity index (χ2n) is 8.27. The molecule has 35 heavy (non-hydrogen) atoms. The summed E-state index contributed by atoms with van der Waals surface area (Å²) >= 11 is 9.09. The van der Waals surface area contributed by atoms with Crippen molar-refractivity contribution >= 4 is 61.4 Å². The SMILES string of the molecule is COc1cccc2sc(NC(=O)c3csc(C4CCN(C(=O)Cc5ccccc5Cl)CC4)n3)nc12. The number of nitrogens with one attached hydrogen (secondary N) is 1. The molecule has 1 saturated heterocycles. The van der Waals surface area contributed by atoms with Crippen molar-refractivity contribution in [3.63, 3.8) is 0 Å². The van der Waals surface area contributed by atoms with Crippen molar-refractivity contribution in [3.8, 4) is 5.75 Å². The molecule has 0 radical (unpaired) electrons. The maximum Gasteiger partial charge on any atom is 0.276 e. The molecule has 2 aromatic carbocycles. The molecule has 180 valence electrons. The Morgan fingerprint density at radius 3 is 2.71 bits per heavy atom. The first-order chi connectivity index (χ1) is 17.0. The van der Waals surface area contributed by atoms with Crippen LogP contribution in [0.2, 0.25) is 5.02 Å². The molecule has 2 amide bonds. The minimum absolute atomic E-state index is 0.0863. The third-order valence-corrected chi connectivity index (χ3v) is 8.39. The van der Waals surface area contributed by atoms with Crippen LogP contribution in [0.3, 0.4) is 0 Å². The number of carbonyl (C=O) groups excluding carboxylic acids is 2. The highest BCUT2D eigenvalue weighted by atomic mass is 35.5. The van der Waals surface area contributed by atoms with Crippen molar-refractivity contribution in [1.82, 2.24) is 14.9 Å². The van der Waals surface area contributed by atoms with Crippen LogP contribution in [0.5, 0.6) is 5.75 Å². The lowest BCUT2D eigenvalue weighted by atomic mass is 9.97. The molecule has 1 N–H and O–H groups in total. The fourth-order valence-electron chi connectivity index (χ4n) is 4.17. The van der Waals surface area contributed by atoms with Gasteiger partial charge in [-0.25, -0.2) is 9.97 Å². The zero-order valence-corrected chi connectivity index (χ0v) is 21.4. The molecule has 1 aliphatic heterocycles. The number of anilines is 1. The van der Waals surface area contributed by atoms with E-state index in [9.17, 15) is 9.59 Å². The molecule has 3 heterocycles. The van der Waals surface area contributed by atoms with E-state index in [0.29, 0.717) is 41.1 Å². The lowest BCUT2D eigenvalue weighted by Gasteiger charge is -2.31. The fraction of sp³-hybridized carbons (Fsp3) is 0.280. The Morgan fingerprint density at radius 2 is 1.94 bits per heavy atom. The molecular formula is C25H23ClN4O3S2. The van der Waals surface area contributed by atoms with E-state index in [0.717, 1.165) is 33.6 Å². The van der Waals surface area contributed by atoms with Crippen molar-refractivity contribution in [3.05, 3.63) is 69.1 Å². The quantitative estimate of drug-likeness (QED) is 0.352. The molecule has 1 fully saturated rings. The Hall–Kier alpha value is -3.01. The molecule has 0 atom stereocenters. The van der Waals surface area contributed by atoms with Gasteiger partial charge in [-0.05, 0) is 36.6 Å². The third kappa shape index (κ3) is 5.17. The van der Waals surface area contributed by atoms with E-state index in [1.807, 2.05) is 41.3 Å².